The van der Waals surface area contributed by atoms with Gasteiger partial charge in [-0.05, 0) is 12.1 Å². The predicted molar refractivity (Wildman–Crippen MR) is 50.0 cm³/mol. The van der Waals surface area contributed by atoms with Gasteiger partial charge in [0.25, 0.3) is 0 Å². The van der Waals surface area contributed by atoms with Gasteiger partial charge in [-0.15, -0.1) is 0 Å². The van der Waals surface area contributed by atoms with Crippen LogP contribution in [0.5, 0.6) is 0 Å². The predicted octanol–water partition coefficient (Wildman–Crippen LogP) is 0.958. The van der Waals surface area contributed by atoms with Crippen LogP contribution in [0.15, 0.2) is 12.1 Å². The quantitative estimate of drug-likeness (QED) is 0.744. The third-order valence-corrected chi connectivity index (χ3v) is 2.35. The van der Waals surface area contributed by atoms with E-state index in [4.69, 9.17) is 5.11 Å². The SMILES string of the molecule is O=Cc1cc(F)c(N2CC(O)C2)c(F)c1. The summed E-state index contributed by atoms with van der Waals surface area (Å²) >= 11 is 0. The summed E-state index contributed by atoms with van der Waals surface area (Å²) < 4.78 is 26.7. The van der Waals surface area contributed by atoms with Crippen molar-refractivity contribution in [2.45, 2.75) is 6.10 Å². The molecule has 0 amide bonds. The van der Waals surface area contributed by atoms with Gasteiger partial charge in [-0.1, -0.05) is 0 Å². The molecule has 0 unspecified atom stereocenters. The molecule has 1 N–H and O–H groups in total. The minimum Gasteiger partial charge on any atom is -0.389 e. The molecule has 1 fully saturated rings. The summed E-state index contributed by atoms with van der Waals surface area (Å²) in [6.07, 6.45) is -0.143. The van der Waals surface area contributed by atoms with E-state index in [1.807, 2.05) is 0 Å². The number of β-amino-alcohol motifs (C(OH)–C–C–N with tert-alkyl or cyclic N) is 1. The van der Waals surface area contributed by atoms with E-state index in [1.165, 1.54) is 4.90 Å². The van der Waals surface area contributed by atoms with Crippen molar-refractivity contribution >= 4 is 12.0 Å². The fraction of sp³-hybridized carbons (Fsp3) is 0.300. The van der Waals surface area contributed by atoms with Crippen molar-refractivity contribution in [3.8, 4) is 0 Å². The molecule has 2 rings (SSSR count). The summed E-state index contributed by atoms with van der Waals surface area (Å²) in [4.78, 5) is 11.7. The van der Waals surface area contributed by atoms with E-state index in [0.29, 0.717) is 6.29 Å². The number of hydrogen-bond donors (Lipinski definition) is 1. The third-order valence-electron chi connectivity index (χ3n) is 2.35. The molecule has 0 spiro atoms. The summed E-state index contributed by atoms with van der Waals surface area (Å²) in [6, 6.07) is 1.96. The monoisotopic (exact) mass is 213 g/mol. The number of aliphatic hydroxyl groups excluding tert-OH is 1. The lowest BCUT2D eigenvalue weighted by atomic mass is 10.1. The molecule has 1 aliphatic heterocycles. The first kappa shape index (κ1) is 10.0. The number of carbonyl (C=O) groups excluding carboxylic acids is 1. The Labute approximate surface area is 84.9 Å². The van der Waals surface area contributed by atoms with Gasteiger partial charge in [-0.25, -0.2) is 8.78 Å². The molecule has 0 saturated carbocycles. The first-order valence-electron chi connectivity index (χ1n) is 4.49. The van der Waals surface area contributed by atoms with Crippen molar-refractivity contribution < 1.29 is 18.7 Å². The number of carbonyl (C=O) groups is 1. The number of aldehydes is 1. The van der Waals surface area contributed by atoms with Crippen molar-refractivity contribution in [2.24, 2.45) is 0 Å². The van der Waals surface area contributed by atoms with E-state index < -0.39 is 17.7 Å². The summed E-state index contributed by atoms with van der Waals surface area (Å²) in [5.41, 5.74) is -0.208. The Morgan fingerprint density at radius 1 is 1.33 bits per heavy atom. The smallest absolute Gasteiger partial charge is 0.150 e. The van der Waals surface area contributed by atoms with Crippen LogP contribution >= 0.6 is 0 Å². The van der Waals surface area contributed by atoms with Crippen LogP contribution in [0.4, 0.5) is 14.5 Å². The molecule has 80 valence electrons. The largest absolute Gasteiger partial charge is 0.389 e. The van der Waals surface area contributed by atoms with E-state index in [9.17, 15) is 13.6 Å². The maximum absolute atomic E-state index is 13.4. The summed E-state index contributed by atoms with van der Waals surface area (Å²) in [5, 5.41) is 9.02. The van der Waals surface area contributed by atoms with E-state index in [1.54, 1.807) is 0 Å². The van der Waals surface area contributed by atoms with Crippen LogP contribution in [0.3, 0.4) is 0 Å². The lowest BCUT2D eigenvalue weighted by Gasteiger charge is -2.38. The first-order valence-corrected chi connectivity index (χ1v) is 4.49. The second kappa shape index (κ2) is 3.58. The summed E-state index contributed by atoms with van der Waals surface area (Å²) in [6.45, 7) is 0.433. The second-order valence-corrected chi connectivity index (χ2v) is 3.51. The van der Waals surface area contributed by atoms with Gasteiger partial charge in [0.2, 0.25) is 0 Å². The lowest BCUT2D eigenvalue weighted by molar-refractivity contribution is 0.112. The highest BCUT2D eigenvalue weighted by molar-refractivity contribution is 5.76. The average molecular weight is 213 g/mol. The molecule has 0 aliphatic carbocycles. The van der Waals surface area contributed by atoms with Gasteiger partial charge in [0.1, 0.15) is 23.6 Å². The van der Waals surface area contributed by atoms with Gasteiger partial charge in [-0.2, -0.15) is 0 Å². The van der Waals surface area contributed by atoms with E-state index >= 15 is 0 Å². The van der Waals surface area contributed by atoms with E-state index in [2.05, 4.69) is 0 Å². The van der Waals surface area contributed by atoms with Crippen LogP contribution in [-0.2, 0) is 0 Å². The molecule has 1 saturated heterocycles. The highest BCUT2D eigenvalue weighted by Crippen LogP contribution is 2.28. The Hall–Kier alpha value is -1.49. The molecule has 1 aromatic carbocycles. The maximum atomic E-state index is 13.4. The fourth-order valence-electron chi connectivity index (χ4n) is 1.59. The fourth-order valence-corrected chi connectivity index (χ4v) is 1.59. The third kappa shape index (κ3) is 1.70. The molecule has 15 heavy (non-hydrogen) atoms. The number of anilines is 1. The van der Waals surface area contributed by atoms with Gasteiger partial charge in [0.15, 0.2) is 0 Å². The Bertz CT molecular complexity index is 379. The molecule has 0 atom stereocenters. The number of halogens is 2. The summed E-state index contributed by atoms with van der Waals surface area (Å²) in [7, 11) is 0. The van der Waals surface area contributed by atoms with Crippen molar-refractivity contribution in [1.82, 2.24) is 0 Å². The van der Waals surface area contributed by atoms with Gasteiger partial charge < -0.3 is 10.0 Å². The molecule has 1 aromatic rings. The highest BCUT2D eigenvalue weighted by atomic mass is 19.1. The van der Waals surface area contributed by atoms with Crippen molar-refractivity contribution in [1.29, 1.82) is 0 Å². The van der Waals surface area contributed by atoms with Gasteiger partial charge in [0, 0.05) is 18.7 Å². The zero-order valence-corrected chi connectivity index (χ0v) is 7.78. The number of benzene rings is 1. The van der Waals surface area contributed by atoms with Crippen molar-refractivity contribution in [3.05, 3.63) is 29.3 Å². The minimum atomic E-state index is -0.774. The Balaban J connectivity index is 2.35. The van der Waals surface area contributed by atoms with E-state index in [-0.39, 0.29) is 24.3 Å². The average Bonchev–Trinajstić information content (AvgIpc) is 2.13. The van der Waals surface area contributed by atoms with Crippen LogP contribution in [0.25, 0.3) is 0 Å². The zero-order valence-electron chi connectivity index (χ0n) is 7.78. The molecule has 0 bridgehead atoms. The molecule has 3 nitrogen and oxygen atoms in total. The van der Waals surface area contributed by atoms with Crippen LogP contribution in [0.2, 0.25) is 0 Å². The van der Waals surface area contributed by atoms with Crippen molar-refractivity contribution in [3.63, 3.8) is 0 Å². The van der Waals surface area contributed by atoms with Gasteiger partial charge in [0.05, 0.1) is 6.10 Å². The lowest BCUT2D eigenvalue weighted by Crippen LogP contribution is -2.51. The molecular formula is C10H9F2NO2. The molecule has 1 heterocycles. The Morgan fingerprint density at radius 3 is 2.27 bits per heavy atom. The molecular weight excluding hydrogens is 204 g/mol. The number of hydrogen-bond acceptors (Lipinski definition) is 3. The Kier molecular flexibility index (Phi) is 2.40. The number of aliphatic hydroxyl groups is 1. The molecule has 5 heteroatoms. The molecule has 0 aromatic heterocycles. The molecule has 1 aliphatic rings. The number of rotatable bonds is 2. The van der Waals surface area contributed by atoms with Crippen LogP contribution in [-0.4, -0.2) is 30.6 Å². The standard InChI is InChI=1S/C10H9F2NO2/c11-8-1-6(5-14)2-9(12)10(8)13-3-7(15)4-13/h1-2,5,7,15H,3-4H2. The van der Waals surface area contributed by atoms with Gasteiger partial charge >= 0.3 is 0 Å². The second-order valence-electron chi connectivity index (χ2n) is 3.51. The highest BCUT2D eigenvalue weighted by Gasteiger charge is 2.29. The number of nitrogens with zero attached hydrogens (tertiary/aromatic N) is 1. The summed E-state index contributed by atoms with van der Waals surface area (Å²) in [5.74, 6) is -1.55. The van der Waals surface area contributed by atoms with Crippen molar-refractivity contribution in [2.75, 3.05) is 18.0 Å². The van der Waals surface area contributed by atoms with E-state index in [0.717, 1.165) is 12.1 Å². The first-order chi connectivity index (χ1) is 7.11. The topological polar surface area (TPSA) is 40.5 Å². The zero-order chi connectivity index (χ0) is 11.0. The van der Waals surface area contributed by atoms with Crippen LogP contribution in [0, 0.1) is 11.6 Å². The minimum absolute atomic E-state index is 0.0326. The van der Waals surface area contributed by atoms with Gasteiger partial charge in [-0.3, -0.25) is 4.79 Å². The maximum Gasteiger partial charge on any atom is 0.150 e. The Morgan fingerprint density at radius 2 is 1.87 bits per heavy atom. The van der Waals surface area contributed by atoms with Crippen LogP contribution in [0.1, 0.15) is 10.4 Å². The van der Waals surface area contributed by atoms with Crippen LogP contribution < -0.4 is 4.90 Å². The normalized spacial score (nSPS) is 16.3. The molecule has 0 radical (unpaired) electrons.